The van der Waals surface area contributed by atoms with E-state index < -0.39 is 36.0 Å². The largest absolute Gasteiger partial charge is 0.389 e. The van der Waals surface area contributed by atoms with Crippen LogP contribution in [0.1, 0.15) is 125 Å². The zero-order valence-electron chi connectivity index (χ0n) is 32.5. The molecular weight excluding hydrogens is 850 g/mol. The number of alkyl halides is 6. The maximum atomic E-state index is 13.7. The Bertz CT molecular complexity index is 2190. The van der Waals surface area contributed by atoms with Crippen molar-refractivity contribution in [1.82, 2.24) is 0 Å². The minimum atomic E-state index is -4.39. The summed E-state index contributed by atoms with van der Waals surface area (Å²) >= 11 is 7.38. The molecule has 0 heterocycles. The van der Waals surface area contributed by atoms with Crippen molar-refractivity contribution in [2.45, 2.75) is 114 Å². The summed E-state index contributed by atoms with van der Waals surface area (Å²) in [6, 6.07) is 34.0. The van der Waals surface area contributed by atoms with E-state index in [1.807, 2.05) is 24.3 Å². The molecule has 0 spiro atoms. The van der Waals surface area contributed by atoms with Crippen LogP contribution < -0.4 is 0 Å². The maximum Gasteiger partial charge on any atom is 0.389 e. The predicted octanol–water partition coefficient (Wildman–Crippen LogP) is 15.9. The highest BCUT2D eigenvalue weighted by atomic mass is 79.9. The van der Waals surface area contributed by atoms with Crippen molar-refractivity contribution in [3.63, 3.8) is 0 Å². The summed E-state index contributed by atoms with van der Waals surface area (Å²) in [6.45, 7) is 13.1. The molecule has 5 aromatic carbocycles. The Balaban J connectivity index is 1.55. The minimum absolute atomic E-state index is 0.0699. The zero-order chi connectivity index (χ0) is 40.6. The van der Waals surface area contributed by atoms with Crippen molar-refractivity contribution < 1.29 is 26.3 Å². The van der Waals surface area contributed by atoms with Crippen LogP contribution in [0.3, 0.4) is 0 Å². The second-order valence-electron chi connectivity index (χ2n) is 17.7. The first-order chi connectivity index (χ1) is 26.0. The van der Waals surface area contributed by atoms with E-state index in [9.17, 15) is 26.3 Å². The molecule has 0 unspecified atom stereocenters. The van der Waals surface area contributed by atoms with Gasteiger partial charge in [0.2, 0.25) is 0 Å². The number of rotatable bonds is 8. The zero-order valence-corrected chi connectivity index (χ0v) is 35.7. The lowest BCUT2D eigenvalue weighted by Gasteiger charge is -2.36. The van der Waals surface area contributed by atoms with Gasteiger partial charge in [-0.15, -0.1) is 0 Å². The van der Waals surface area contributed by atoms with Gasteiger partial charge < -0.3 is 0 Å². The Hall–Kier alpha value is -3.36. The molecule has 0 aliphatic heterocycles. The normalized spacial score (nSPS) is 15.7. The fourth-order valence-corrected chi connectivity index (χ4v) is 10.0. The molecule has 294 valence electrons. The Morgan fingerprint density at radius 1 is 0.446 bits per heavy atom. The van der Waals surface area contributed by atoms with Crippen molar-refractivity contribution in [3.8, 4) is 22.3 Å². The monoisotopic (exact) mass is 894 g/mol. The smallest absolute Gasteiger partial charge is 0.171 e. The highest BCUT2D eigenvalue weighted by Gasteiger charge is 2.50. The van der Waals surface area contributed by atoms with Gasteiger partial charge in [-0.05, 0) is 140 Å². The Labute approximate surface area is 343 Å². The van der Waals surface area contributed by atoms with Gasteiger partial charge in [0, 0.05) is 27.2 Å². The molecule has 0 aromatic heterocycles. The van der Waals surface area contributed by atoms with Crippen LogP contribution in [0.25, 0.3) is 22.3 Å². The van der Waals surface area contributed by atoms with Crippen molar-refractivity contribution in [2.24, 2.45) is 0 Å². The number of hydrogen-bond donors (Lipinski definition) is 0. The summed E-state index contributed by atoms with van der Waals surface area (Å²) in [4.78, 5) is 0. The molecule has 2 aliphatic carbocycles. The lowest BCUT2D eigenvalue weighted by Crippen LogP contribution is -2.30. The molecule has 0 bridgehead atoms. The summed E-state index contributed by atoms with van der Waals surface area (Å²) in [6.07, 6.45) is -11.1. The second-order valence-corrected chi connectivity index (χ2v) is 19.6. The standard InChI is InChI=1S/C48H46Br2F6/c1-43(2,3)29-9-13-31(14-10-29)48(32-15-11-30(12-16-32)44(4,5)6)41-26-34(50)18-20-36(41)38-27-40-37(28-42(38)48)35-19-17-33(49)25-39(35)45(40,21-7-23-46(51,52)53)22-8-24-47(54,55)56/h9-20,25-28H,7-8,21-24H2,1-6H3. The highest BCUT2D eigenvalue weighted by molar-refractivity contribution is 9.10. The van der Waals surface area contributed by atoms with Gasteiger partial charge in [0.05, 0.1) is 5.41 Å². The Morgan fingerprint density at radius 3 is 1.23 bits per heavy atom. The van der Waals surface area contributed by atoms with Gasteiger partial charge in [0.15, 0.2) is 0 Å². The topological polar surface area (TPSA) is 0 Å². The third kappa shape index (κ3) is 7.31. The van der Waals surface area contributed by atoms with E-state index in [0.29, 0.717) is 0 Å². The van der Waals surface area contributed by atoms with Gasteiger partial charge in [0.25, 0.3) is 0 Å². The van der Waals surface area contributed by atoms with Crippen LogP contribution in [0.15, 0.2) is 106 Å². The van der Waals surface area contributed by atoms with Crippen LogP contribution in [0, 0.1) is 0 Å². The average Bonchev–Trinajstić information content (AvgIpc) is 3.51. The molecule has 8 heteroatoms. The summed E-state index contributed by atoms with van der Waals surface area (Å²) in [7, 11) is 0. The molecule has 0 radical (unpaired) electrons. The lowest BCUT2D eigenvalue weighted by atomic mass is 9.66. The Morgan fingerprint density at radius 2 is 0.804 bits per heavy atom. The van der Waals surface area contributed by atoms with Crippen LogP contribution in [0.4, 0.5) is 26.3 Å². The molecule has 0 amide bonds. The molecule has 7 rings (SSSR count). The molecule has 0 atom stereocenters. The molecule has 0 nitrogen and oxygen atoms in total. The Kier molecular flexibility index (Phi) is 10.3. The van der Waals surface area contributed by atoms with Crippen LogP contribution in [-0.2, 0) is 21.7 Å². The van der Waals surface area contributed by atoms with Gasteiger partial charge in [-0.2, -0.15) is 26.3 Å². The van der Waals surface area contributed by atoms with E-state index in [-0.39, 0.29) is 36.5 Å². The molecule has 0 fully saturated rings. The molecule has 5 aromatic rings. The first kappa shape index (κ1) is 40.8. The first-order valence-corrected chi connectivity index (χ1v) is 20.8. The third-order valence-electron chi connectivity index (χ3n) is 12.0. The third-order valence-corrected chi connectivity index (χ3v) is 13.0. The molecule has 2 aliphatic rings. The molecule has 0 saturated carbocycles. The summed E-state index contributed by atoms with van der Waals surface area (Å²) < 4.78 is 84.0. The fourth-order valence-electron chi connectivity index (χ4n) is 9.32. The van der Waals surface area contributed by atoms with E-state index in [2.05, 4.69) is 146 Å². The van der Waals surface area contributed by atoms with E-state index >= 15 is 0 Å². The second kappa shape index (κ2) is 14.2. The summed E-state index contributed by atoms with van der Waals surface area (Å²) in [5, 5.41) is 0. The average molecular weight is 897 g/mol. The number of halogens is 8. The lowest BCUT2D eigenvalue weighted by molar-refractivity contribution is -0.136. The van der Waals surface area contributed by atoms with Crippen molar-refractivity contribution in [3.05, 3.63) is 151 Å². The van der Waals surface area contributed by atoms with Crippen LogP contribution in [0.2, 0.25) is 0 Å². The van der Waals surface area contributed by atoms with Crippen molar-refractivity contribution in [2.75, 3.05) is 0 Å². The molecule has 0 N–H and O–H groups in total. The van der Waals surface area contributed by atoms with Gasteiger partial charge in [-0.25, -0.2) is 0 Å². The van der Waals surface area contributed by atoms with Crippen LogP contribution >= 0.6 is 31.9 Å². The molecule has 56 heavy (non-hydrogen) atoms. The molecular formula is C48H46Br2F6. The first-order valence-electron chi connectivity index (χ1n) is 19.2. The van der Waals surface area contributed by atoms with E-state index in [1.54, 1.807) is 0 Å². The fraction of sp³-hybridized carbons (Fsp3) is 0.375. The van der Waals surface area contributed by atoms with Crippen molar-refractivity contribution in [1.29, 1.82) is 0 Å². The number of benzene rings is 5. The van der Waals surface area contributed by atoms with Crippen LogP contribution in [-0.4, -0.2) is 12.4 Å². The quantitative estimate of drug-likeness (QED) is 0.134. The maximum absolute atomic E-state index is 13.7. The van der Waals surface area contributed by atoms with Gasteiger partial charge in [-0.3, -0.25) is 0 Å². The summed E-state index contributed by atoms with van der Waals surface area (Å²) in [5.41, 5.74) is 9.86. The summed E-state index contributed by atoms with van der Waals surface area (Å²) in [5.74, 6) is 0. The van der Waals surface area contributed by atoms with Gasteiger partial charge in [-0.1, -0.05) is 134 Å². The molecule has 0 saturated heterocycles. The number of fused-ring (bicyclic) bond motifs is 6. The van der Waals surface area contributed by atoms with Crippen LogP contribution in [0.5, 0.6) is 0 Å². The minimum Gasteiger partial charge on any atom is -0.171 e. The van der Waals surface area contributed by atoms with Gasteiger partial charge in [0.1, 0.15) is 0 Å². The number of hydrogen-bond acceptors (Lipinski definition) is 0. The van der Waals surface area contributed by atoms with E-state index in [4.69, 9.17) is 0 Å². The predicted molar refractivity (Wildman–Crippen MR) is 223 cm³/mol. The van der Waals surface area contributed by atoms with E-state index in [0.717, 1.165) is 64.6 Å². The van der Waals surface area contributed by atoms with Gasteiger partial charge >= 0.3 is 12.4 Å². The van der Waals surface area contributed by atoms with Crippen molar-refractivity contribution >= 4 is 31.9 Å². The SMILES string of the molecule is CC(C)(C)c1ccc(C2(c3ccc(C(C)(C)C)cc3)c3cc(Br)ccc3-c3cc4c(cc32)-c2ccc(Br)cc2C4(CCCC(F)(F)F)CCCC(F)(F)F)cc1. The van der Waals surface area contributed by atoms with E-state index in [1.165, 1.54) is 11.1 Å². The highest BCUT2D eigenvalue weighted by Crippen LogP contribution is 2.62.